The molecule has 3 heteroatoms. The number of unbranched alkanes of at least 4 members (excludes halogenated alkanes) is 2. The molecule has 0 radical (unpaired) electrons. The van der Waals surface area contributed by atoms with Crippen LogP contribution in [-0.4, -0.2) is 34.9 Å². The van der Waals surface area contributed by atoms with Crippen LogP contribution in [0.25, 0.3) is 0 Å². The van der Waals surface area contributed by atoms with Crippen LogP contribution >= 0.6 is 0 Å². The molecule has 0 spiro atoms. The second-order valence-electron chi connectivity index (χ2n) is 2.32. The Morgan fingerprint density at radius 2 is 1.25 bits per heavy atom. The van der Waals surface area contributed by atoms with Crippen molar-refractivity contribution in [3.05, 3.63) is 0 Å². The van der Waals surface area contributed by atoms with E-state index in [9.17, 15) is 0 Å². The number of halogens is 1. The van der Waals surface area contributed by atoms with Gasteiger partial charge in [0.1, 0.15) is 0 Å². The quantitative estimate of drug-likeness (QED) is 0.375. The first-order valence-corrected chi connectivity index (χ1v) is 6.11. The maximum Gasteiger partial charge on any atom is -1.00 e. The van der Waals surface area contributed by atoms with E-state index in [0.29, 0.717) is 0 Å². The molecule has 12 heavy (non-hydrogen) atoms. The van der Waals surface area contributed by atoms with Crippen molar-refractivity contribution in [3.63, 3.8) is 0 Å². The van der Waals surface area contributed by atoms with E-state index in [-0.39, 0.29) is 24.0 Å². The molecule has 0 fully saturated rings. The predicted molar refractivity (Wildman–Crippen MR) is 52.3 cm³/mol. The maximum absolute atomic E-state index is 5.31. The standard InChI is InChI=1S/C8H18O.CH3.HI.Mg/c1-3-5-7-9-8-6-4-2;;;/h3-8H2,1-2H3;1H3;1H;/q;;;+1/p-1. The monoisotopic (exact) mass is 296 g/mol. The molecule has 0 unspecified atom stereocenters. The van der Waals surface area contributed by atoms with Gasteiger partial charge in [0, 0.05) is 13.2 Å². The van der Waals surface area contributed by atoms with Crippen molar-refractivity contribution in [1.82, 2.24) is 0 Å². The molecule has 0 aliphatic rings. The molecule has 0 aromatic heterocycles. The number of hydrogen-bond donors (Lipinski definition) is 0. The van der Waals surface area contributed by atoms with E-state index >= 15 is 0 Å². The van der Waals surface area contributed by atoms with E-state index in [1.165, 1.54) is 25.7 Å². The molecule has 1 nitrogen and oxygen atoms in total. The zero-order chi connectivity index (χ0) is 8.95. The normalized spacial score (nSPS) is 8.08. The fourth-order valence-corrected chi connectivity index (χ4v) is 0.595. The van der Waals surface area contributed by atoms with Gasteiger partial charge in [-0.15, -0.1) is 0 Å². The Morgan fingerprint density at radius 1 is 0.917 bits per heavy atom. The minimum atomic E-state index is 0. The molecule has 0 aromatic carbocycles. The predicted octanol–water partition coefficient (Wildman–Crippen LogP) is -0.190. The van der Waals surface area contributed by atoms with Gasteiger partial charge in [-0.05, 0) is 12.8 Å². The van der Waals surface area contributed by atoms with Crippen LogP contribution in [-0.2, 0) is 4.74 Å². The largest absolute Gasteiger partial charge is 1.00 e. The van der Waals surface area contributed by atoms with E-state index in [2.05, 4.69) is 13.8 Å². The summed E-state index contributed by atoms with van der Waals surface area (Å²) >= 11 is 1.86. The van der Waals surface area contributed by atoms with Crippen molar-refractivity contribution in [2.45, 2.75) is 44.6 Å². The van der Waals surface area contributed by atoms with Crippen molar-refractivity contribution in [2.75, 3.05) is 13.2 Å². The second kappa shape index (κ2) is 22.9. The number of rotatable bonds is 6. The van der Waals surface area contributed by atoms with Crippen molar-refractivity contribution >= 4 is 21.7 Å². The molecular formula is C9H21IMgO. The third-order valence-electron chi connectivity index (χ3n) is 1.28. The summed E-state index contributed by atoms with van der Waals surface area (Å²) in [4.78, 5) is 0. The third-order valence-corrected chi connectivity index (χ3v) is 1.28. The number of ether oxygens (including phenoxy) is 1. The van der Waals surface area contributed by atoms with Crippen LogP contribution in [0.1, 0.15) is 39.5 Å². The van der Waals surface area contributed by atoms with Gasteiger partial charge >= 0.3 is 26.8 Å². The van der Waals surface area contributed by atoms with Gasteiger partial charge in [-0.2, -0.15) is 0 Å². The van der Waals surface area contributed by atoms with E-state index in [0.717, 1.165) is 13.2 Å². The van der Waals surface area contributed by atoms with E-state index < -0.39 is 0 Å². The molecule has 0 aliphatic carbocycles. The Morgan fingerprint density at radius 3 is 1.50 bits per heavy atom. The summed E-state index contributed by atoms with van der Waals surface area (Å²) in [6, 6.07) is 0. The fraction of sp³-hybridized carbons (Fsp3) is 1.00. The van der Waals surface area contributed by atoms with Crippen LogP contribution in [0.5, 0.6) is 0 Å². The molecule has 0 heterocycles. The average Bonchev–Trinajstić information content (AvgIpc) is 2.08. The van der Waals surface area contributed by atoms with Gasteiger partial charge in [-0.25, -0.2) is 0 Å². The summed E-state index contributed by atoms with van der Waals surface area (Å²) < 4.78 is 5.31. The smallest absolute Gasteiger partial charge is 1.00 e. The van der Waals surface area contributed by atoms with Gasteiger partial charge < -0.3 is 28.7 Å². The molecule has 0 saturated carbocycles. The molecule has 0 bridgehead atoms. The Bertz CT molecular complexity index is 47.8. The Hall–Kier alpha value is 1.46. The molecule has 0 aliphatic heterocycles. The Kier molecular flexibility index (Phi) is 36.4. The van der Waals surface area contributed by atoms with Crippen molar-refractivity contribution in [2.24, 2.45) is 0 Å². The molecular weight excluding hydrogens is 275 g/mol. The van der Waals surface area contributed by atoms with E-state index in [4.69, 9.17) is 4.74 Å². The Balaban J connectivity index is -0.000000249. The zero-order valence-electron chi connectivity index (χ0n) is 8.74. The van der Waals surface area contributed by atoms with Crippen LogP contribution in [0.4, 0.5) is 0 Å². The van der Waals surface area contributed by atoms with Crippen LogP contribution in [0.2, 0.25) is 5.05 Å². The first-order chi connectivity index (χ1) is 5.41. The summed E-state index contributed by atoms with van der Waals surface area (Å²) in [6.45, 7) is 6.28. The maximum atomic E-state index is 5.31. The summed E-state index contributed by atoms with van der Waals surface area (Å²) in [6.07, 6.45) is 4.91. The van der Waals surface area contributed by atoms with E-state index in [1.54, 1.807) is 0 Å². The minimum Gasteiger partial charge on any atom is -1.00 e. The van der Waals surface area contributed by atoms with Crippen molar-refractivity contribution in [3.8, 4) is 0 Å². The first kappa shape index (κ1) is 19.1. The van der Waals surface area contributed by atoms with Crippen molar-refractivity contribution in [1.29, 1.82) is 0 Å². The van der Waals surface area contributed by atoms with Gasteiger partial charge in [-0.3, -0.25) is 0 Å². The molecule has 0 amide bonds. The SMILES string of the molecule is CCCCOCCCC.[CH3][Mg+].[I-]. The van der Waals surface area contributed by atoms with Gasteiger partial charge in [-0.1, -0.05) is 26.7 Å². The molecule has 0 saturated heterocycles. The molecule has 0 N–H and O–H groups in total. The second-order valence-corrected chi connectivity index (χ2v) is 2.32. The average molecular weight is 296 g/mol. The molecule has 0 rings (SSSR count). The summed E-state index contributed by atoms with van der Waals surface area (Å²) in [5, 5.41) is 2.03. The summed E-state index contributed by atoms with van der Waals surface area (Å²) in [5.41, 5.74) is 0. The van der Waals surface area contributed by atoms with Gasteiger partial charge in [0.15, 0.2) is 0 Å². The molecule has 0 atom stereocenters. The van der Waals surface area contributed by atoms with Crippen LogP contribution in [0.15, 0.2) is 0 Å². The first-order valence-electron chi connectivity index (χ1n) is 4.70. The topological polar surface area (TPSA) is 9.23 Å². The summed E-state index contributed by atoms with van der Waals surface area (Å²) in [7, 11) is 0. The van der Waals surface area contributed by atoms with Crippen LogP contribution in [0.3, 0.4) is 0 Å². The van der Waals surface area contributed by atoms with Crippen molar-refractivity contribution < 1.29 is 28.7 Å². The third kappa shape index (κ3) is 22.5. The Labute approximate surface area is 107 Å². The molecule has 0 aromatic rings. The molecule has 72 valence electrons. The fourth-order valence-electron chi connectivity index (χ4n) is 0.595. The minimum absolute atomic E-state index is 0. The zero-order valence-corrected chi connectivity index (χ0v) is 12.3. The number of hydrogen-bond acceptors (Lipinski definition) is 1. The van der Waals surface area contributed by atoms with Gasteiger partial charge in [0.05, 0.1) is 0 Å². The summed E-state index contributed by atoms with van der Waals surface area (Å²) in [5.74, 6) is 0. The van der Waals surface area contributed by atoms with Gasteiger partial charge in [0.2, 0.25) is 0 Å². The van der Waals surface area contributed by atoms with Crippen LogP contribution in [0, 0.1) is 0 Å². The van der Waals surface area contributed by atoms with E-state index in [1.807, 2.05) is 26.8 Å². The van der Waals surface area contributed by atoms with Crippen LogP contribution < -0.4 is 24.0 Å². The van der Waals surface area contributed by atoms with Gasteiger partial charge in [0.25, 0.3) is 0 Å².